The Morgan fingerprint density at radius 3 is 2.14 bits per heavy atom. The first-order valence-corrected chi connectivity index (χ1v) is 7.97. The Morgan fingerprint density at radius 1 is 1.00 bits per heavy atom. The van der Waals surface area contributed by atoms with E-state index in [-0.39, 0.29) is 11.8 Å². The predicted octanol–water partition coefficient (Wildman–Crippen LogP) is 4.26. The summed E-state index contributed by atoms with van der Waals surface area (Å²) in [7, 11) is 0. The molecular formula is C15H12BrIN2O2. The molecular weight excluding hydrogens is 447 g/mol. The normalized spacial score (nSPS) is 10.0. The summed E-state index contributed by atoms with van der Waals surface area (Å²) in [5.74, 6) is -0.317. The Morgan fingerprint density at radius 2 is 1.57 bits per heavy atom. The molecule has 0 aromatic heterocycles. The standard InChI is InChI=1S/C15H12BrIN2O2/c1-9(20)18-11-3-5-12(6-4-11)19-15(21)13-8-10(17)2-7-14(13)16/h2-8H,1H3,(H,18,20)(H,19,21). The number of anilines is 2. The van der Waals surface area contributed by atoms with Crippen LogP contribution in [0.25, 0.3) is 0 Å². The largest absolute Gasteiger partial charge is 0.326 e. The van der Waals surface area contributed by atoms with Crippen LogP contribution in [0, 0.1) is 3.57 Å². The quantitative estimate of drug-likeness (QED) is 0.675. The van der Waals surface area contributed by atoms with E-state index in [2.05, 4.69) is 49.2 Å². The number of nitrogens with one attached hydrogen (secondary N) is 2. The fourth-order valence-corrected chi connectivity index (χ4v) is 2.63. The summed E-state index contributed by atoms with van der Waals surface area (Å²) in [6, 6.07) is 12.5. The second kappa shape index (κ2) is 7.04. The Labute approximate surface area is 144 Å². The Hall–Kier alpha value is -1.41. The molecule has 0 aliphatic heterocycles. The van der Waals surface area contributed by atoms with E-state index in [9.17, 15) is 9.59 Å². The average molecular weight is 459 g/mol. The Balaban J connectivity index is 2.12. The van der Waals surface area contributed by atoms with Gasteiger partial charge in [0.25, 0.3) is 5.91 Å². The third-order valence-electron chi connectivity index (χ3n) is 2.64. The molecule has 6 heteroatoms. The molecule has 4 nitrogen and oxygen atoms in total. The number of carbonyl (C=O) groups is 2. The zero-order chi connectivity index (χ0) is 15.4. The molecule has 0 heterocycles. The molecule has 0 aliphatic carbocycles. The molecule has 0 fully saturated rings. The topological polar surface area (TPSA) is 58.2 Å². The minimum atomic E-state index is -0.187. The van der Waals surface area contributed by atoms with Gasteiger partial charge in [0.2, 0.25) is 5.91 Å². The summed E-state index contributed by atoms with van der Waals surface area (Å²) in [6.45, 7) is 1.45. The van der Waals surface area contributed by atoms with Crippen molar-refractivity contribution in [3.05, 3.63) is 56.1 Å². The van der Waals surface area contributed by atoms with Crippen LogP contribution in [0.1, 0.15) is 17.3 Å². The smallest absolute Gasteiger partial charge is 0.256 e. The van der Waals surface area contributed by atoms with E-state index in [4.69, 9.17) is 0 Å². The summed E-state index contributed by atoms with van der Waals surface area (Å²) in [4.78, 5) is 23.2. The molecule has 2 aromatic rings. The molecule has 0 atom stereocenters. The van der Waals surface area contributed by atoms with Crippen molar-refractivity contribution in [3.8, 4) is 0 Å². The molecule has 21 heavy (non-hydrogen) atoms. The van der Waals surface area contributed by atoms with E-state index in [1.807, 2.05) is 18.2 Å². The van der Waals surface area contributed by atoms with E-state index in [0.717, 1.165) is 8.04 Å². The van der Waals surface area contributed by atoms with Gasteiger partial charge in [-0.1, -0.05) is 0 Å². The zero-order valence-corrected chi connectivity index (χ0v) is 14.9. The lowest BCUT2D eigenvalue weighted by atomic mass is 10.2. The molecule has 108 valence electrons. The minimum Gasteiger partial charge on any atom is -0.326 e. The maximum Gasteiger partial charge on any atom is 0.256 e. The molecule has 0 aliphatic rings. The molecule has 0 bridgehead atoms. The van der Waals surface area contributed by atoms with Crippen LogP contribution in [0.15, 0.2) is 46.9 Å². The maximum atomic E-state index is 12.2. The van der Waals surface area contributed by atoms with Gasteiger partial charge in [-0.3, -0.25) is 9.59 Å². The van der Waals surface area contributed by atoms with Gasteiger partial charge in [-0.2, -0.15) is 0 Å². The molecule has 0 spiro atoms. The summed E-state index contributed by atoms with van der Waals surface area (Å²) >= 11 is 5.53. The van der Waals surface area contributed by atoms with Crippen molar-refractivity contribution < 1.29 is 9.59 Å². The van der Waals surface area contributed by atoms with Gasteiger partial charge >= 0.3 is 0 Å². The highest BCUT2D eigenvalue weighted by Crippen LogP contribution is 2.21. The van der Waals surface area contributed by atoms with E-state index in [1.165, 1.54) is 6.92 Å². The lowest BCUT2D eigenvalue weighted by molar-refractivity contribution is -0.114. The monoisotopic (exact) mass is 458 g/mol. The van der Waals surface area contributed by atoms with Gasteiger partial charge < -0.3 is 10.6 Å². The highest BCUT2D eigenvalue weighted by Gasteiger charge is 2.10. The molecule has 0 saturated heterocycles. The first-order chi connectivity index (χ1) is 9.95. The van der Waals surface area contributed by atoms with Crippen molar-refractivity contribution in [1.82, 2.24) is 0 Å². The number of amides is 2. The van der Waals surface area contributed by atoms with Crippen LogP contribution in [0.2, 0.25) is 0 Å². The van der Waals surface area contributed by atoms with E-state index < -0.39 is 0 Å². The fraction of sp³-hybridized carbons (Fsp3) is 0.0667. The molecule has 0 unspecified atom stereocenters. The highest BCUT2D eigenvalue weighted by molar-refractivity contribution is 14.1. The first kappa shape index (κ1) is 16.0. The summed E-state index contributed by atoms with van der Waals surface area (Å²) in [5, 5.41) is 5.50. The molecule has 2 N–H and O–H groups in total. The minimum absolute atomic E-state index is 0.130. The van der Waals surface area contributed by atoms with Crippen LogP contribution in [-0.4, -0.2) is 11.8 Å². The number of hydrogen-bond donors (Lipinski definition) is 2. The highest BCUT2D eigenvalue weighted by atomic mass is 127. The number of rotatable bonds is 3. The van der Waals surface area contributed by atoms with E-state index >= 15 is 0 Å². The summed E-state index contributed by atoms with van der Waals surface area (Å²) in [5.41, 5.74) is 1.93. The van der Waals surface area contributed by atoms with Gasteiger partial charge in [-0.25, -0.2) is 0 Å². The number of carbonyl (C=O) groups excluding carboxylic acids is 2. The Bertz CT molecular complexity index is 687. The van der Waals surface area contributed by atoms with Crippen molar-refractivity contribution in [2.45, 2.75) is 6.92 Å². The molecule has 0 radical (unpaired) electrons. The van der Waals surface area contributed by atoms with Crippen LogP contribution in [0.4, 0.5) is 11.4 Å². The molecule has 2 amide bonds. The van der Waals surface area contributed by atoms with Gasteiger partial charge in [0.1, 0.15) is 0 Å². The van der Waals surface area contributed by atoms with Crippen molar-refractivity contribution in [1.29, 1.82) is 0 Å². The summed E-state index contributed by atoms with van der Waals surface area (Å²) < 4.78 is 1.73. The van der Waals surface area contributed by atoms with E-state index in [0.29, 0.717) is 16.9 Å². The van der Waals surface area contributed by atoms with Crippen molar-refractivity contribution in [2.75, 3.05) is 10.6 Å². The summed E-state index contributed by atoms with van der Waals surface area (Å²) in [6.07, 6.45) is 0. The van der Waals surface area contributed by atoms with Gasteiger partial charge in [0, 0.05) is 26.3 Å². The van der Waals surface area contributed by atoms with Crippen LogP contribution in [0.5, 0.6) is 0 Å². The molecule has 2 aromatic carbocycles. The van der Waals surface area contributed by atoms with Gasteiger partial charge in [0.15, 0.2) is 0 Å². The third kappa shape index (κ3) is 4.53. The van der Waals surface area contributed by atoms with Crippen molar-refractivity contribution in [3.63, 3.8) is 0 Å². The fourth-order valence-electron chi connectivity index (χ4n) is 1.71. The van der Waals surface area contributed by atoms with E-state index in [1.54, 1.807) is 24.3 Å². The first-order valence-electron chi connectivity index (χ1n) is 6.10. The maximum absolute atomic E-state index is 12.2. The predicted molar refractivity (Wildman–Crippen MR) is 95.6 cm³/mol. The van der Waals surface area contributed by atoms with Crippen molar-refractivity contribution >= 4 is 61.7 Å². The van der Waals surface area contributed by atoms with Crippen LogP contribution < -0.4 is 10.6 Å². The van der Waals surface area contributed by atoms with Crippen LogP contribution in [0.3, 0.4) is 0 Å². The van der Waals surface area contributed by atoms with Crippen LogP contribution in [-0.2, 0) is 4.79 Å². The third-order valence-corrected chi connectivity index (χ3v) is 4.00. The molecule has 0 saturated carbocycles. The van der Waals surface area contributed by atoms with Gasteiger partial charge in [0.05, 0.1) is 5.56 Å². The number of benzene rings is 2. The average Bonchev–Trinajstić information content (AvgIpc) is 2.43. The van der Waals surface area contributed by atoms with Crippen LogP contribution >= 0.6 is 38.5 Å². The number of hydrogen-bond acceptors (Lipinski definition) is 2. The second-order valence-corrected chi connectivity index (χ2v) is 6.44. The van der Waals surface area contributed by atoms with Crippen molar-refractivity contribution in [2.24, 2.45) is 0 Å². The lowest BCUT2D eigenvalue weighted by Gasteiger charge is -2.08. The Kier molecular flexibility index (Phi) is 5.35. The zero-order valence-electron chi connectivity index (χ0n) is 11.1. The molecule has 2 rings (SSSR count). The SMILES string of the molecule is CC(=O)Nc1ccc(NC(=O)c2cc(I)ccc2Br)cc1. The number of halogens is 2. The lowest BCUT2D eigenvalue weighted by Crippen LogP contribution is -2.13. The van der Waals surface area contributed by atoms with Gasteiger partial charge in [-0.15, -0.1) is 0 Å². The second-order valence-electron chi connectivity index (χ2n) is 4.34. The van der Waals surface area contributed by atoms with Gasteiger partial charge in [-0.05, 0) is 81.0 Å².